The van der Waals surface area contributed by atoms with Gasteiger partial charge in [0, 0.05) is 0 Å². The smallest absolute Gasteiger partial charge is 0.344 e. The molecule has 0 saturated heterocycles. The second kappa shape index (κ2) is 6.34. The number of esters is 2. The summed E-state index contributed by atoms with van der Waals surface area (Å²) in [6.07, 6.45) is 8.08. The van der Waals surface area contributed by atoms with Gasteiger partial charge >= 0.3 is 11.9 Å². The molecule has 5 atom stereocenters. The van der Waals surface area contributed by atoms with E-state index in [1.165, 1.54) is 32.1 Å². The van der Waals surface area contributed by atoms with Crippen LogP contribution in [-0.2, 0) is 19.1 Å². The molecule has 0 aromatic rings. The summed E-state index contributed by atoms with van der Waals surface area (Å²) in [7, 11) is 0. The molecule has 0 spiro atoms. The Hall–Kier alpha value is -1.06. The van der Waals surface area contributed by atoms with Crippen LogP contribution in [0.2, 0.25) is 0 Å². The monoisotopic (exact) mass is 336 g/mol. The van der Waals surface area contributed by atoms with Gasteiger partial charge < -0.3 is 9.47 Å². The van der Waals surface area contributed by atoms with E-state index in [9.17, 15) is 9.59 Å². The summed E-state index contributed by atoms with van der Waals surface area (Å²) in [6, 6.07) is 0. The van der Waals surface area contributed by atoms with Crippen molar-refractivity contribution in [1.82, 2.24) is 0 Å². The molecule has 3 rings (SSSR count). The highest BCUT2D eigenvalue weighted by Gasteiger charge is 2.52. The molecule has 0 heterocycles. The number of carbonyl (C=O) groups excluding carboxylic acids is 2. The first-order valence-electron chi connectivity index (χ1n) is 9.62. The van der Waals surface area contributed by atoms with E-state index in [2.05, 4.69) is 6.92 Å². The molecule has 0 radical (unpaired) electrons. The van der Waals surface area contributed by atoms with Crippen molar-refractivity contribution < 1.29 is 19.1 Å². The van der Waals surface area contributed by atoms with Crippen LogP contribution in [0.15, 0.2) is 0 Å². The van der Waals surface area contributed by atoms with Gasteiger partial charge in [-0.3, -0.25) is 4.79 Å². The highest BCUT2D eigenvalue weighted by molar-refractivity contribution is 5.79. The standard InChI is InChI=1S/C20H32O4/c1-5-19(2,3)18(22)23-12-17(21)24-20(4)11-14-7-6-13-8-15(14)10-16(20)9-13/h13-16H,5-12H2,1-4H3. The number of fused-ring (bicyclic) bond motifs is 2. The van der Waals surface area contributed by atoms with Gasteiger partial charge in [0.15, 0.2) is 6.61 Å². The van der Waals surface area contributed by atoms with Crippen molar-refractivity contribution >= 4 is 11.9 Å². The van der Waals surface area contributed by atoms with Crippen molar-refractivity contribution in [1.29, 1.82) is 0 Å². The van der Waals surface area contributed by atoms with E-state index in [1.54, 1.807) is 0 Å². The van der Waals surface area contributed by atoms with Crippen LogP contribution >= 0.6 is 0 Å². The fourth-order valence-corrected chi connectivity index (χ4v) is 5.12. The largest absolute Gasteiger partial charge is 0.457 e. The molecule has 0 aliphatic heterocycles. The van der Waals surface area contributed by atoms with E-state index in [0.717, 1.165) is 18.3 Å². The van der Waals surface area contributed by atoms with Gasteiger partial charge in [0.05, 0.1) is 5.41 Å². The molecule has 0 N–H and O–H groups in total. The molecule has 136 valence electrons. The van der Waals surface area contributed by atoms with Gasteiger partial charge in [-0.15, -0.1) is 0 Å². The lowest BCUT2D eigenvalue weighted by Gasteiger charge is -2.55. The Morgan fingerprint density at radius 3 is 2.58 bits per heavy atom. The van der Waals surface area contributed by atoms with E-state index in [-0.39, 0.29) is 18.2 Å². The summed E-state index contributed by atoms with van der Waals surface area (Å²) in [4.78, 5) is 24.3. The van der Waals surface area contributed by atoms with Crippen molar-refractivity contribution in [2.45, 2.75) is 78.2 Å². The zero-order chi connectivity index (χ0) is 17.5. The van der Waals surface area contributed by atoms with Crippen LogP contribution in [-0.4, -0.2) is 24.1 Å². The van der Waals surface area contributed by atoms with Gasteiger partial charge in [0.25, 0.3) is 0 Å². The second-order valence-electron chi connectivity index (χ2n) is 9.17. The summed E-state index contributed by atoms with van der Waals surface area (Å²) in [5, 5.41) is 0. The van der Waals surface area contributed by atoms with Crippen LogP contribution in [0.1, 0.15) is 72.6 Å². The molecule has 0 aromatic carbocycles. The van der Waals surface area contributed by atoms with Crippen molar-refractivity contribution in [3.63, 3.8) is 0 Å². The van der Waals surface area contributed by atoms with Crippen molar-refractivity contribution in [2.24, 2.45) is 29.1 Å². The lowest BCUT2D eigenvalue weighted by Crippen LogP contribution is -2.53. The first kappa shape index (κ1) is 17.8. The highest BCUT2D eigenvalue weighted by atomic mass is 16.6. The Balaban J connectivity index is 1.57. The maximum absolute atomic E-state index is 12.3. The van der Waals surface area contributed by atoms with E-state index in [0.29, 0.717) is 18.3 Å². The third-order valence-electron chi connectivity index (χ3n) is 7.09. The van der Waals surface area contributed by atoms with Crippen LogP contribution in [0.4, 0.5) is 0 Å². The molecular weight excluding hydrogens is 304 g/mol. The maximum Gasteiger partial charge on any atom is 0.344 e. The highest BCUT2D eigenvalue weighted by Crippen LogP contribution is 2.56. The molecule has 3 bridgehead atoms. The Morgan fingerprint density at radius 1 is 1.12 bits per heavy atom. The van der Waals surface area contributed by atoms with Gasteiger partial charge in [0.2, 0.25) is 0 Å². The predicted molar refractivity (Wildman–Crippen MR) is 91.2 cm³/mol. The van der Waals surface area contributed by atoms with Gasteiger partial charge in [0.1, 0.15) is 5.60 Å². The molecule has 5 unspecified atom stereocenters. The summed E-state index contributed by atoms with van der Waals surface area (Å²) in [5.74, 6) is 2.14. The second-order valence-corrected chi connectivity index (χ2v) is 9.17. The number of carbonyl (C=O) groups is 2. The summed E-state index contributed by atoms with van der Waals surface area (Å²) in [6.45, 7) is 7.45. The number of ether oxygens (including phenoxy) is 2. The lowest BCUT2D eigenvalue weighted by molar-refractivity contribution is -0.191. The van der Waals surface area contributed by atoms with Crippen LogP contribution in [0.25, 0.3) is 0 Å². The molecule has 4 heteroatoms. The van der Waals surface area contributed by atoms with Gasteiger partial charge in [-0.05, 0) is 83.0 Å². The van der Waals surface area contributed by atoms with Crippen LogP contribution in [0, 0.1) is 29.1 Å². The van der Waals surface area contributed by atoms with E-state index in [1.807, 2.05) is 20.8 Å². The molecule has 3 saturated carbocycles. The minimum Gasteiger partial charge on any atom is -0.457 e. The normalized spacial score (nSPS) is 37.8. The molecule has 3 aliphatic carbocycles. The maximum atomic E-state index is 12.3. The minimum absolute atomic E-state index is 0.262. The van der Waals surface area contributed by atoms with E-state index in [4.69, 9.17) is 9.47 Å². The van der Waals surface area contributed by atoms with Gasteiger partial charge in [-0.1, -0.05) is 13.3 Å². The minimum atomic E-state index is -0.551. The molecule has 0 amide bonds. The van der Waals surface area contributed by atoms with E-state index < -0.39 is 11.4 Å². The van der Waals surface area contributed by atoms with Crippen molar-refractivity contribution in [2.75, 3.05) is 6.61 Å². The fourth-order valence-electron chi connectivity index (χ4n) is 5.12. The Bertz CT molecular complexity index is 510. The summed E-state index contributed by atoms with van der Waals surface area (Å²) in [5.41, 5.74) is -0.922. The SMILES string of the molecule is CCC(C)(C)C(=O)OCC(=O)OC1(C)CC2CCC3CC2CC1C3. The third-order valence-corrected chi connectivity index (χ3v) is 7.09. The Morgan fingerprint density at radius 2 is 1.88 bits per heavy atom. The van der Waals surface area contributed by atoms with Crippen molar-refractivity contribution in [3.05, 3.63) is 0 Å². The number of rotatable bonds is 5. The lowest BCUT2D eigenvalue weighted by atomic mass is 9.53. The average Bonchev–Trinajstić information content (AvgIpc) is 2.54. The van der Waals surface area contributed by atoms with Gasteiger partial charge in [-0.2, -0.15) is 0 Å². The average molecular weight is 336 g/mol. The fraction of sp³-hybridized carbons (Fsp3) is 0.900. The first-order valence-corrected chi connectivity index (χ1v) is 9.62. The topological polar surface area (TPSA) is 52.6 Å². The first-order chi connectivity index (χ1) is 11.2. The van der Waals surface area contributed by atoms with Crippen LogP contribution < -0.4 is 0 Å². The zero-order valence-electron chi connectivity index (χ0n) is 15.6. The van der Waals surface area contributed by atoms with Gasteiger partial charge in [-0.25, -0.2) is 4.79 Å². The molecule has 24 heavy (non-hydrogen) atoms. The third kappa shape index (κ3) is 3.34. The number of hydrogen-bond acceptors (Lipinski definition) is 4. The van der Waals surface area contributed by atoms with Crippen LogP contribution in [0.3, 0.4) is 0 Å². The summed E-state index contributed by atoms with van der Waals surface area (Å²) >= 11 is 0. The molecule has 3 fully saturated rings. The Kier molecular flexibility index (Phi) is 4.69. The number of hydrogen-bond donors (Lipinski definition) is 0. The van der Waals surface area contributed by atoms with Crippen LogP contribution in [0.5, 0.6) is 0 Å². The Labute approximate surface area is 145 Å². The predicted octanol–water partition coefficient (Wildman–Crippen LogP) is 4.11. The molecule has 4 nitrogen and oxygen atoms in total. The van der Waals surface area contributed by atoms with Crippen molar-refractivity contribution in [3.8, 4) is 0 Å². The zero-order valence-corrected chi connectivity index (χ0v) is 15.6. The molecular formula is C20H32O4. The van der Waals surface area contributed by atoms with E-state index >= 15 is 0 Å². The molecule has 3 aliphatic rings. The molecule has 0 aromatic heterocycles. The summed E-state index contributed by atoms with van der Waals surface area (Å²) < 4.78 is 11.1. The quantitative estimate of drug-likeness (QED) is 0.709.